The van der Waals surface area contributed by atoms with E-state index in [0.29, 0.717) is 0 Å². The molecule has 34 heavy (non-hydrogen) atoms. The molecule has 2 aromatic carbocycles. The molecule has 0 saturated carbocycles. The summed E-state index contributed by atoms with van der Waals surface area (Å²) >= 11 is 1.68. The minimum Gasteiger partial charge on any atom is -0.356 e. The molecule has 4 aromatic rings. The van der Waals surface area contributed by atoms with E-state index in [0.717, 1.165) is 72.2 Å². The maximum Gasteiger partial charge on any atom is 0.224 e. The summed E-state index contributed by atoms with van der Waals surface area (Å²) in [5.74, 6) is 0.174. The lowest BCUT2D eigenvalue weighted by Gasteiger charge is -2.31. The van der Waals surface area contributed by atoms with Crippen LogP contribution >= 0.6 is 11.3 Å². The van der Waals surface area contributed by atoms with Gasteiger partial charge in [-0.05, 0) is 57.2 Å². The van der Waals surface area contributed by atoms with Crippen LogP contribution in [0.4, 0.5) is 5.13 Å². The molecule has 1 saturated heterocycles. The number of nitrogens with zero attached hydrogens (tertiary/aromatic N) is 4. The van der Waals surface area contributed by atoms with Gasteiger partial charge < -0.3 is 10.2 Å². The van der Waals surface area contributed by atoms with Crippen molar-refractivity contribution < 1.29 is 4.79 Å². The van der Waals surface area contributed by atoms with Crippen molar-refractivity contribution >= 4 is 32.7 Å². The van der Waals surface area contributed by atoms with Crippen LogP contribution < -0.4 is 10.2 Å². The van der Waals surface area contributed by atoms with Crippen LogP contribution in [0.25, 0.3) is 16.0 Å². The van der Waals surface area contributed by atoms with E-state index in [9.17, 15) is 4.79 Å². The summed E-state index contributed by atoms with van der Waals surface area (Å²) in [5.41, 5.74) is 5.45. The third-order valence-electron chi connectivity index (χ3n) is 6.50. The molecule has 7 heteroatoms. The van der Waals surface area contributed by atoms with E-state index in [1.165, 1.54) is 11.1 Å². The Kier molecular flexibility index (Phi) is 6.63. The van der Waals surface area contributed by atoms with E-state index in [2.05, 4.69) is 65.7 Å². The number of carbonyl (C=O) groups is 1. The van der Waals surface area contributed by atoms with E-state index in [4.69, 9.17) is 10.1 Å². The third-order valence-corrected chi connectivity index (χ3v) is 7.72. The number of piperidine rings is 1. The first-order valence-electron chi connectivity index (χ1n) is 12.1. The smallest absolute Gasteiger partial charge is 0.224 e. The first-order valence-corrected chi connectivity index (χ1v) is 12.9. The van der Waals surface area contributed by atoms with Gasteiger partial charge in [0.15, 0.2) is 10.8 Å². The molecule has 3 heterocycles. The Morgan fingerprint density at radius 3 is 2.71 bits per heavy atom. The Morgan fingerprint density at radius 1 is 1.12 bits per heavy atom. The van der Waals surface area contributed by atoms with Crippen molar-refractivity contribution in [2.75, 3.05) is 24.5 Å². The summed E-state index contributed by atoms with van der Waals surface area (Å²) in [7, 11) is 0. The van der Waals surface area contributed by atoms with Gasteiger partial charge in [0.1, 0.15) is 0 Å². The van der Waals surface area contributed by atoms with Gasteiger partial charge in [0.2, 0.25) is 5.91 Å². The van der Waals surface area contributed by atoms with Crippen molar-refractivity contribution in [2.45, 2.75) is 39.5 Å². The van der Waals surface area contributed by atoms with Crippen molar-refractivity contribution in [1.29, 1.82) is 0 Å². The Bertz CT molecular complexity index is 1260. The molecule has 6 nitrogen and oxygen atoms in total. The molecule has 176 valence electrons. The lowest BCUT2D eigenvalue weighted by Crippen LogP contribution is -2.43. The van der Waals surface area contributed by atoms with Crippen LogP contribution in [-0.4, -0.2) is 40.3 Å². The number of aromatic nitrogens is 3. The zero-order chi connectivity index (χ0) is 23.5. The van der Waals surface area contributed by atoms with E-state index >= 15 is 0 Å². The number of rotatable bonds is 7. The molecule has 1 amide bonds. The summed E-state index contributed by atoms with van der Waals surface area (Å²) in [6.07, 6.45) is 3.88. The Hall–Kier alpha value is -3.19. The number of fused-ring (bicyclic) bond motifs is 1. The van der Waals surface area contributed by atoms with Crippen molar-refractivity contribution in [2.24, 2.45) is 5.92 Å². The summed E-state index contributed by atoms with van der Waals surface area (Å²) in [5, 5.41) is 8.87. The number of nitrogens with one attached hydrogen (secondary N) is 1. The zero-order valence-electron chi connectivity index (χ0n) is 19.8. The van der Waals surface area contributed by atoms with Crippen LogP contribution in [0, 0.1) is 19.8 Å². The number of hydrogen-bond donors (Lipinski definition) is 1. The zero-order valence-corrected chi connectivity index (χ0v) is 20.6. The van der Waals surface area contributed by atoms with Crippen LogP contribution in [-0.2, 0) is 11.2 Å². The Balaban J connectivity index is 1.23. The molecule has 0 aliphatic carbocycles. The molecule has 1 aliphatic heterocycles. The van der Waals surface area contributed by atoms with Gasteiger partial charge in [-0.3, -0.25) is 4.79 Å². The average Bonchev–Trinajstić information content (AvgIpc) is 3.44. The van der Waals surface area contributed by atoms with E-state index in [1.54, 1.807) is 11.3 Å². The predicted molar refractivity (Wildman–Crippen MR) is 139 cm³/mol. The Labute approximate surface area is 204 Å². The summed E-state index contributed by atoms with van der Waals surface area (Å²) in [6.45, 7) is 6.50. The summed E-state index contributed by atoms with van der Waals surface area (Å²) in [6, 6.07) is 18.8. The number of benzene rings is 2. The van der Waals surface area contributed by atoms with Gasteiger partial charge in [0.25, 0.3) is 0 Å². The first-order chi connectivity index (χ1) is 16.6. The highest BCUT2D eigenvalue weighted by atomic mass is 32.1. The SMILES string of the molecule is Cc1ccc(-n2nc(C)c3sc(N4CCC[C@@H](C(=O)NCCCc5ccccc5)C4)nc32)cc1. The monoisotopic (exact) mass is 473 g/mol. The van der Waals surface area contributed by atoms with Gasteiger partial charge in [0.05, 0.1) is 22.0 Å². The van der Waals surface area contributed by atoms with E-state index in [1.807, 2.05) is 17.7 Å². The summed E-state index contributed by atoms with van der Waals surface area (Å²) in [4.78, 5) is 20.1. The number of amides is 1. The van der Waals surface area contributed by atoms with Gasteiger partial charge in [-0.15, -0.1) is 0 Å². The van der Waals surface area contributed by atoms with Crippen LogP contribution in [0.1, 0.15) is 36.1 Å². The van der Waals surface area contributed by atoms with Crippen molar-refractivity contribution in [3.05, 3.63) is 71.4 Å². The quantitative estimate of drug-likeness (QED) is 0.381. The molecule has 1 atom stereocenters. The molecule has 1 aliphatic rings. The fourth-order valence-corrected chi connectivity index (χ4v) is 5.60. The van der Waals surface area contributed by atoms with Crippen molar-refractivity contribution in [3.63, 3.8) is 0 Å². The molecule has 1 N–H and O–H groups in total. The first kappa shape index (κ1) is 22.6. The normalized spacial score (nSPS) is 16.2. The van der Waals surface area contributed by atoms with E-state index < -0.39 is 0 Å². The van der Waals surface area contributed by atoms with Gasteiger partial charge in [-0.25, -0.2) is 4.68 Å². The second kappa shape index (κ2) is 9.97. The standard InChI is InChI=1S/C27H31N5OS/c1-19-12-14-23(15-13-19)32-25-24(20(2)30-32)34-27(29-25)31-17-7-11-22(18-31)26(33)28-16-6-10-21-8-4-3-5-9-21/h3-5,8-9,12-15,22H,6-7,10-11,16-18H2,1-2H3,(H,28,33)/t22-/m1/s1. The van der Waals surface area contributed by atoms with Crippen molar-refractivity contribution in [1.82, 2.24) is 20.1 Å². The molecule has 5 rings (SSSR count). The van der Waals surface area contributed by atoms with Gasteiger partial charge >= 0.3 is 0 Å². The fourth-order valence-electron chi connectivity index (χ4n) is 4.58. The number of aryl methyl sites for hydroxylation is 3. The molecule has 0 spiro atoms. The minimum absolute atomic E-state index is 0.00665. The number of carbonyl (C=O) groups excluding carboxylic acids is 1. The average molecular weight is 474 g/mol. The lowest BCUT2D eigenvalue weighted by molar-refractivity contribution is -0.125. The second-order valence-electron chi connectivity index (χ2n) is 9.15. The van der Waals surface area contributed by atoms with Crippen LogP contribution in [0.3, 0.4) is 0 Å². The van der Waals surface area contributed by atoms with E-state index in [-0.39, 0.29) is 11.8 Å². The Morgan fingerprint density at radius 2 is 1.91 bits per heavy atom. The number of hydrogen-bond acceptors (Lipinski definition) is 5. The molecular weight excluding hydrogens is 442 g/mol. The molecule has 0 bridgehead atoms. The lowest BCUT2D eigenvalue weighted by atomic mass is 9.97. The van der Waals surface area contributed by atoms with Crippen LogP contribution in [0.15, 0.2) is 54.6 Å². The maximum absolute atomic E-state index is 12.9. The van der Waals surface area contributed by atoms with Crippen molar-refractivity contribution in [3.8, 4) is 5.69 Å². The van der Waals surface area contributed by atoms with Crippen LogP contribution in [0.5, 0.6) is 0 Å². The van der Waals surface area contributed by atoms with Crippen LogP contribution in [0.2, 0.25) is 0 Å². The third kappa shape index (κ3) is 4.85. The highest BCUT2D eigenvalue weighted by Gasteiger charge is 2.28. The molecular formula is C27H31N5OS. The fraction of sp³-hybridized carbons (Fsp3) is 0.370. The molecule has 1 fully saturated rings. The predicted octanol–water partition coefficient (Wildman–Crippen LogP) is 5.06. The maximum atomic E-state index is 12.9. The highest BCUT2D eigenvalue weighted by Crippen LogP contribution is 2.34. The molecule has 0 radical (unpaired) electrons. The largest absolute Gasteiger partial charge is 0.356 e. The highest BCUT2D eigenvalue weighted by molar-refractivity contribution is 7.22. The minimum atomic E-state index is 0.00665. The molecule has 2 aromatic heterocycles. The van der Waals surface area contributed by atoms with Gasteiger partial charge in [-0.1, -0.05) is 59.4 Å². The molecule has 0 unspecified atom stereocenters. The second-order valence-corrected chi connectivity index (χ2v) is 10.1. The van der Waals surface area contributed by atoms with Gasteiger partial charge in [0, 0.05) is 19.6 Å². The number of thiazole rings is 1. The van der Waals surface area contributed by atoms with Gasteiger partial charge in [-0.2, -0.15) is 10.1 Å². The topological polar surface area (TPSA) is 63.1 Å². The number of anilines is 1. The summed E-state index contributed by atoms with van der Waals surface area (Å²) < 4.78 is 3.05.